The van der Waals surface area contributed by atoms with Crippen LogP contribution in [0.25, 0.3) is 5.57 Å². The smallest absolute Gasteiger partial charge is 0.139 e. The molecular weight excluding hydrogens is 296 g/mol. The molecule has 4 nitrogen and oxygen atoms in total. The molecular formula is C20H26N4. The van der Waals surface area contributed by atoms with Crippen LogP contribution in [0.3, 0.4) is 0 Å². The van der Waals surface area contributed by atoms with Gasteiger partial charge in [-0.1, -0.05) is 43.3 Å². The van der Waals surface area contributed by atoms with Crippen molar-refractivity contribution in [3.63, 3.8) is 0 Å². The summed E-state index contributed by atoms with van der Waals surface area (Å²) in [6.45, 7) is 8.48. The zero-order valence-corrected chi connectivity index (χ0v) is 14.5. The van der Waals surface area contributed by atoms with Crippen molar-refractivity contribution in [2.75, 3.05) is 26.2 Å². The topological polar surface area (TPSA) is 39.7 Å². The molecule has 2 N–H and O–H groups in total. The van der Waals surface area contributed by atoms with E-state index in [2.05, 4.69) is 70.8 Å². The van der Waals surface area contributed by atoms with Crippen LogP contribution in [0.15, 0.2) is 65.1 Å². The van der Waals surface area contributed by atoms with E-state index in [-0.39, 0.29) is 0 Å². The average Bonchev–Trinajstić information content (AvgIpc) is 3.06. The molecule has 24 heavy (non-hydrogen) atoms. The van der Waals surface area contributed by atoms with Crippen LogP contribution in [0.2, 0.25) is 0 Å². The Balaban J connectivity index is 1.94. The van der Waals surface area contributed by atoms with Gasteiger partial charge < -0.3 is 15.5 Å². The Bertz CT molecular complexity index is 677. The fourth-order valence-electron chi connectivity index (χ4n) is 3.11. The Kier molecular flexibility index (Phi) is 5.49. The summed E-state index contributed by atoms with van der Waals surface area (Å²) in [7, 11) is 0. The van der Waals surface area contributed by atoms with E-state index < -0.39 is 0 Å². The number of hydrogen-bond acceptors (Lipinski definition) is 4. The second-order valence-electron chi connectivity index (χ2n) is 6.04. The van der Waals surface area contributed by atoms with Gasteiger partial charge in [0.25, 0.3) is 0 Å². The summed E-state index contributed by atoms with van der Waals surface area (Å²) in [6, 6.07) is 10.5. The van der Waals surface area contributed by atoms with E-state index in [1.165, 1.54) is 22.4 Å². The molecule has 2 aliphatic rings. The van der Waals surface area contributed by atoms with Gasteiger partial charge in [0.15, 0.2) is 0 Å². The van der Waals surface area contributed by atoms with Gasteiger partial charge in [-0.25, -0.2) is 4.99 Å². The fraction of sp³-hybridized carbons (Fsp3) is 0.350. The van der Waals surface area contributed by atoms with Gasteiger partial charge in [0.1, 0.15) is 5.84 Å². The number of piperazine rings is 1. The first-order valence-corrected chi connectivity index (χ1v) is 8.73. The predicted octanol–water partition coefficient (Wildman–Crippen LogP) is 3.13. The van der Waals surface area contributed by atoms with Gasteiger partial charge in [0, 0.05) is 49.2 Å². The summed E-state index contributed by atoms with van der Waals surface area (Å²) in [5, 5.41) is 6.79. The van der Waals surface area contributed by atoms with Gasteiger partial charge in [0.05, 0.1) is 0 Å². The highest BCUT2D eigenvalue weighted by atomic mass is 15.2. The SMILES string of the molecule is CC/C=C/NC1=NC=C(c2ccccc2)/C1=C(/C)N1CCNCC1. The molecule has 0 spiro atoms. The zero-order valence-electron chi connectivity index (χ0n) is 14.5. The first-order chi connectivity index (χ1) is 11.8. The Morgan fingerprint density at radius 2 is 2.00 bits per heavy atom. The predicted molar refractivity (Wildman–Crippen MR) is 102 cm³/mol. The molecule has 0 unspecified atom stereocenters. The molecule has 1 fully saturated rings. The summed E-state index contributed by atoms with van der Waals surface area (Å²) < 4.78 is 0. The molecule has 4 heteroatoms. The third-order valence-electron chi connectivity index (χ3n) is 4.44. The second kappa shape index (κ2) is 7.97. The van der Waals surface area contributed by atoms with Crippen molar-refractivity contribution in [3.05, 3.63) is 65.6 Å². The molecule has 1 saturated heterocycles. The van der Waals surface area contributed by atoms with Gasteiger partial charge >= 0.3 is 0 Å². The largest absolute Gasteiger partial charge is 0.372 e. The lowest BCUT2D eigenvalue weighted by Crippen LogP contribution is -2.43. The molecule has 2 heterocycles. The van der Waals surface area contributed by atoms with Gasteiger partial charge in [-0.15, -0.1) is 0 Å². The Labute approximate surface area is 144 Å². The minimum Gasteiger partial charge on any atom is -0.372 e. The van der Waals surface area contributed by atoms with Crippen LogP contribution in [0, 0.1) is 0 Å². The molecule has 3 rings (SSSR count). The van der Waals surface area contributed by atoms with Crippen molar-refractivity contribution >= 4 is 11.4 Å². The number of nitrogens with one attached hydrogen (secondary N) is 2. The maximum atomic E-state index is 4.65. The van der Waals surface area contributed by atoms with Gasteiger partial charge in [0.2, 0.25) is 0 Å². The first-order valence-electron chi connectivity index (χ1n) is 8.73. The molecule has 0 atom stereocenters. The van der Waals surface area contributed by atoms with Crippen molar-refractivity contribution < 1.29 is 0 Å². The van der Waals surface area contributed by atoms with E-state index in [1.807, 2.05) is 12.4 Å². The molecule has 0 bridgehead atoms. The summed E-state index contributed by atoms with van der Waals surface area (Å²) in [5.74, 6) is 0.939. The third kappa shape index (κ3) is 3.60. The second-order valence-corrected chi connectivity index (χ2v) is 6.04. The van der Waals surface area contributed by atoms with Crippen LogP contribution in [0.4, 0.5) is 0 Å². The van der Waals surface area contributed by atoms with Crippen molar-refractivity contribution in [3.8, 4) is 0 Å². The lowest BCUT2D eigenvalue weighted by Gasteiger charge is -2.32. The molecule has 0 amide bonds. The number of benzene rings is 1. The number of rotatable bonds is 4. The highest BCUT2D eigenvalue weighted by Crippen LogP contribution is 2.31. The minimum absolute atomic E-state index is 0.939. The highest BCUT2D eigenvalue weighted by Gasteiger charge is 2.24. The summed E-state index contributed by atoms with van der Waals surface area (Å²) in [5.41, 5.74) is 4.91. The van der Waals surface area contributed by atoms with E-state index >= 15 is 0 Å². The summed E-state index contributed by atoms with van der Waals surface area (Å²) in [6.07, 6.45) is 7.10. The van der Waals surface area contributed by atoms with E-state index in [0.717, 1.165) is 38.4 Å². The van der Waals surface area contributed by atoms with E-state index in [9.17, 15) is 0 Å². The molecule has 0 radical (unpaired) electrons. The maximum Gasteiger partial charge on any atom is 0.139 e. The standard InChI is InChI=1S/C20H26N4/c1-3-4-10-22-20-19(16(2)24-13-11-21-12-14-24)18(15-23-20)17-8-6-5-7-9-17/h4-10,15,21H,3,11-14H2,1-2H3,(H,22,23)/b10-4+,19-16+. The van der Waals surface area contributed by atoms with E-state index in [0.29, 0.717) is 0 Å². The molecule has 0 aliphatic carbocycles. The van der Waals surface area contributed by atoms with Gasteiger partial charge in [-0.2, -0.15) is 0 Å². The molecule has 0 aromatic heterocycles. The zero-order chi connectivity index (χ0) is 16.8. The Morgan fingerprint density at radius 1 is 1.25 bits per heavy atom. The number of allylic oxidation sites excluding steroid dienone is 2. The molecule has 1 aromatic rings. The normalized spacial score (nSPS) is 20.2. The monoisotopic (exact) mass is 322 g/mol. The Hall–Kier alpha value is -2.33. The summed E-state index contributed by atoms with van der Waals surface area (Å²) in [4.78, 5) is 7.11. The van der Waals surface area contributed by atoms with Crippen molar-refractivity contribution in [2.45, 2.75) is 20.3 Å². The lowest BCUT2D eigenvalue weighted by atomic mass is 9.97. The summed E-state index contributed by atoms with van der Waals surface area (Å²) >= 11 is 0. The third-order valence-corrected chi connectivity index (χ3v) is 4.44. The number of aliphatic imine (C=N–C) groups is 1. The maximum absolute atomic E-state index is 4.65. The molecule has 2 aliphatic heterocycles. The quantitative estimate of drug-likeness (QED) is 0.895. The minimum atomic E-state index is 0.939. The van der Waals surface area contributed by atoms with Gasteiger partial charge in [-0.05, 0) is 25.1 Å². The van der Waals surface area contributed by atoms with E-state index in [4.69, 9.17) is 0 Å². The fourth-order valence-corrected chi connectivity index (χ4v) is 3.11. The van der Waals surface area contributed by atoms with Crippen molar-refractivity contribution in [1.29, 1.82) is 0 Å². The van der Waals surface area contributed by atoms with Crippen LogP contribution in [0.1, 0.15) is 25.8 Å². The van der Waals surface area contributed by atoms with Crippen LogP contribution in [-0.4, -0.2) is 36.9 Å². The Morgan fingerprint density at radius 3 is 2.71 bits per heavy atom. The van der Waals surface area contributed by atoms with Crippen LogP contribution >= 0.6 is 0 Å². The van der Waals surface area contributed by atoms with Gasteiger partial charge in [-0.3, -0.25) is 0 Å². The highest BCUT2D eigenvalue weighted by molar-refractivity contribution is 6.16. The molecule has 1 aromatic carbocycles. The number of hydrogen-bond donors (Lipinski definition) is 2. The van der Waals surface area contributed by atoms with Crippen molar-refractivity contribution in [1.82, 2.24) is 15.5 Å². The van der Waals surface area contributed by atoms with Crippen LogP contribution < -0.4 is 10.6 Å². The first kappa shape index (κ1) is 16.5. The number of amidine groups is 1. The van der Waals surface area contributed by atoms with Crippen LogP contribution in [0.5, 0.6) is 0 Å². The molecule has 0 saturated carbocycles. The molecule has 126 valence electrons. The average molecular weight is 322 g/mol. The van der Waals surface area contributed by atoms with Crippen molar-refractivity contribution in [2.24, 2.45) is 4.99 Å². The number of nitrogens with zero attached hydrogens (tertiary/aromatic N) is 2. The van der Waals surface area contributed by atoms with E-state index in [1.54, 1.807) is 0 Å². The van der Waals surface area contributed by atoms with Crippen LogP contribution in [-0.2, 0) is 0 Å². The lowest BCUT2D eigenvalue weighted by molar-refractivity contribution is 0.299.